The molecule has 2 rings (SSSR count). The number of rotatable bonds is 2. The number of esters is 1. The van der Waals surface area contributed by atoms with E-state index in [0.717, 1.165) is 0 Å². The van der Waals surface area contributed by atoms with Gasteiger partial charge in [0, 0.05) is 5.41 Å². The van der Waals surface area contributed by atoms with Crippen LogP contribution in [0.5, 0.6) is 0 Å². The average molecular weight is 289 g/mol. The Morgan fingerprint density at radius 2 is 2.00 bits per heavy atom. The van der Waals surface area contributed by atoms with Gasteiger partial charge in [0.05, 0.1) is 12.4 Å². The minimum atomic E-state index is -3.71. The van der Waals surface area contributed by atoms with Crippen molar-refractivity contribution < 1.29 is 22.7 Å². The summed E-state index contributed by atoms with van der Waals surface area (Å²) in [6, 6.07) is 0. The fourth-order valence-corrected chi connectivity index (χ4v) is 4.74. The first-order chi connectivity index (χ1) is 8.93. The first-order valence-electron chi connectivity index (χ1n) is 6.56. The highest BCUT2D eigenvalue weighted by atomic mass is 32.2. The number of ether oxygens (including phenoxy) is 1. The molecule has 2 aliphatic heterocycles. The van der Waals surface area contributed by atoms with E-state index in [1.807, 2.05) is 0 Å². The lowest BCUT2D eigenvalue weighted by Gasteiger charge is -2.41. The van der Waals surface area contributed by atoms with Crippen LogP contribution in [0.25, 0.3) is 0 Å². The van der Waals surface area contributed by atoms with Crippen LogP contribution in [-0.4, -0.2) is 50.9 Å². The minimum Gasteiger partial charge on any atom is -0.465 e. The summed E-state index contributed by atoms with van der Waals surface area (Å²) in [6.07, 6.45) is 1.51. The minimum absolute atomic E-state index is 0.0761. The lowest BCUT2D eigenvalue weighted by Crippen LogP contribution is -2.56. The predicted octanol–water partition coefficient (Wildman–Crippen LogP) is -0.324. The van der Waals surface area contributed by atoms with Gasteiger partial charge in [0.25, 0.3) is 0 Å². The Bertz CT molecular complexity index is 478. The number of hydrogen-bond acceptors (Lipinski definition) is 6. The monoisotopic (exact) mass is 289 g/mol. The van der Waals surface area contributed by atoms with Gasteiger partial charge in [-0.15, -0.1) is 0 Å². The predicted molar refractivity (Wildman–Crippen MR) is 68.4 cm³/mol. The van der Waals surface area contributed by atoms with Gasteiger partial charge in [0.15, 0.2) is 15.6 Å². The zero-order valence-electron chi connectivity index (χ0n) is 11.0. The van der Waals surface area contributed by atoms with E-state index in [9.17, 15) is 18.0 Å². The first kappa shape index (κ1) is 14.5. The molecule has 7 heteroatoms. The molecule has 2 aliphatic rings. The molecule has 0 saturated carbocycles. The van der Waals surface area contributed by atoms with E-state index in [1.165, 1.54) is 0 Å². The molecule has 1 N–H and O–H groups in total. The fraction of sp³-hybridized carbons (Fsp3) is 0.833. The van der Waals surface area contributed by atoms with Crippen molar-refractivity contribution in [1.29, 1.82) is 0 Å². The van der Waals surface area contributed by atoms with Gasteiger partial charge in [0.1, 0.15) is 0 Å². The van der Waals surface area contributed by atoms with Crippen LogP contribution in [0.1, 0.15) is 26.2 Å². The summed E-state index contributed by atoms with van der Waals surface area (Å²) in [5, 5.41) is 1.54. The number of ketones is 1. The number of sulfone groups is 1. The molecule has 1 atom stereocenters. The molecule has 0 amide bonds. The number of nitrogens with one attached hydrogen (secondary N) is 1. The van der Waals surface area contributed by atoms with Crippen LogP contribution in [-0.2, 0) is 24.2 Å². The Morgan fingerprint density at radius 1 is 1.37 bits per heavy atom. The molecular formula is C12H19NO5S. The number of carbonyl (C=O) groups excluding carboxylic acids is 2. The lowest BCUT2D eigenvalue weighted by molar-refractivity contribution is -0.148. The van der Waals surface area contributed by atoms with Crippen LogP contribution in [0.4, 0.5) is 0 Å². The van der Waals surface area contributed by atoms with E-state index in [1.54, 1.807) is 6.92 Å². The zero-order chi connectivity index (χ0) is 14.1. The fourth-order valence-electron chi connectivity index (χ4n) is 2.89. The van der Waals surface area contributed by atoms with Crippen LogP contribution in [0.3, 0.4) is 0 Å². The van der Waals surface area contributed by atoms with Crippen molar-refractivity contribution in [3.05, 3.63) is 0 Å². The highest BCUT2D eigenvalue weighted by molar-refractivity contribution is 7.93. The summed E-state index contributed by atoms with van der Waals surface area (Å²) in [7, 11) is -3.71. The Hall–Kier alpha value is -0.950. The Labute approximate surface area is 112 Å². The van der Waals surface area contributed by atoms with Crippen molar-refractivity contribution in [3.8, 4) is 0 Å². The van der Waals surface area contributed by atoms with Gasteiger partial charge in [-0.3, -0.25) is 9.59 Å². The topological polar surface area (TPSA) is 89.5 Å². The summed E-state index contributed by atoms with van der Waals surface area (Å²) >= 11 is 0. The molecule has 0 aromatic heterocycles. The van der Waals surface area contributed by atoms with Gasteiger partial charge >= 0.3 is 5.97 Å². The van der Waals surface area contributed by atoms with Crippen molar-refractivity contribution in [1.82, 2.24) is 5.32 Å². The molecule has 2 fully saturated rings. The van der Waals surface area contributed by atoms with E-state index in [-0.39, 0.29) is 12.4 Å². The van der Waals surface area contributed by atoms with Gasteiger partial charge in [-0.1, -0.05) is 0 Å². The quantitative estimate of drug-likeness (QED) is 0.553. The van der Waals surface area contributed by atoms with E-state index >= 15 is 0 Å². The van der Waals surface area contributed by atoms with Crippen molar-refractivity contribution >= 4 is 21.6 Å². The summed E-state index contributed by atoms with van der Waals surface area (Å²) in [5.74, 6) is -1.48. The number of hydrogen-bond donors (Lipinski definition) is 1. The van der Waals surface area contributed by atoms with Gasteiger partial charge in [-0.25, -0.2) is 8.42 Å². The molecular weight excluding hydrogens is 270 g/mol. The standard InChI is InChI=1S/C12H19NO5S/c1-2-18-11(15)9-10(14)12(3-6-13-7-4-12)5-8-19(9,16)17/h9,13H,2-8H2,1H3. The van der Waals surface area contributed by atoms with Gasteiger partial charge in [-0.05, 0) is 39.3 Å². The smallest absolute Gasteiger partial charge is 0.332 e. The summed E-state index contributed by atoms with van der Waals surface area (Å²) in [5.41, 5.74) is -0.659. The zero-order valence-corrected chi connectivity index (χ0v) is 11.8. The number of Topliss-reactive ketones (excluding diaryl/α,β-unsaturated/α-hetero) is 1. The summed E-state index contributed by atoms with van der Waals surface area (Å²) in [4.78, 5) is 24.3. The molecule has 6 nitrogen and oxygen atoms in total. The second-order valence-electron chi connectivity index (χ2n) is 5.14. The van der Waals surface area contributed by atoms with Crippen molar-refractivity contribution in [2.45, 2.75) is 31.4 Å². The molecule has 0 aromatic rings. The third-order valence-electron chi connectivity index (χ3n) is 4.05. The molecule has 1 spiro atoms. The molecule has 0 aromatic carbocycles. The first-order valence-corrected chi connectivity index (χ1v) is 8.28. The molecule has 0 bridgehead atoms. The molecule has 108 valence electrons. The third-order valence-corrected chi connectivity index (χ3v) is 5.94. The molecule has 2 heterocycles. The van der Waals surface area contributed by atoms with Crippen molar-refractivity contribution in [3.63, 3.8) is 0 Å². The molecule has 2 saturated heterocycles. The van der Waals surface area contributed by atoms with E-state index in [2.05, 4.69) is 5.32 Å². The van der Waals surface area contributed by atoms with E-state index in [4.69, 9.17) is 4.74 Å². The second-order valence-corrected chi connectivity index (χ2v) is 7.35. The average Bonchev–Trinajstić information content (AvgIpc) is 2.36. The SMILES string of the molecule is CCOC(=O)C1C(=O)C2(CCNCC2)CCS1(=O)=O. The lowest BCUT2D eigenvalue weighted by atomic mass is 9.72. The second kappa shape index (κ2) is 5.20. The maximum Gasteiger partial charge on any atom is 0.332 e. The molecule has 0 radical (unpaired) electrons. The third kappa shape index (κ3) is 2.53. The Kier molecular flexibility index (Phi) is 3.96. The van der Waals surface area contributed by atoms with Crippen LogP contribution in [0.15, 0.2) is 0 Å². The van der Waals surface area contributed by atoms with Gasteiger partial charge in [0.2, 0.25) is 5.25 Å². The Morgan fingerprint density at radius 3 is 2.58 bits per heavy atom. The highest BCUT2D eigenvalue weighted by Crippen LogP contribution is 2.40. The van der Waals surface area contributed by atoms with E-state index in [0.29, 0.717) is 32.4 Å². The largest absolute Gasteiger partial charge is 0.465 e. The maximum absolute atomic E-state index is 12.5. The van der Waals surface area contributed by atoms with Gasteiger partial charge in [-0.2, -0.15) is 0 Å². The van der Waals surface area contributed by atoms with Crippen LogP contribution >= 0.6 is 0 Å². The van der Waals surface area contributed by atoms with Crippen LogP contribution in [0, 0.1) is 5.41 Å². The summed E-state index contributed by atoms with van der Waals surface area (Å²) in [6.45, 7) is 3.04. The van der Waals surface area contributed by atoms with E-state index < -0.39 is 32.3 Å². The normalized spacial score (nSPS) is 29.1. The van der Waals surface area contributed by atoms with Crippen molar-refractivity contribution in [2.75, 3.05) is 25.4 Å². The van der Waals surface area contributed by atoms with Crippen LogP contribution < -0.4 is 5.32 Å². The molecule has 1 unspecified atom stereocenters. The van der Waals surface area contributed by atoms with Gasteiger partial charge < -0.3 is 10.1 Å². The highest BCUT2D eigenvalue weighted by Gasteiger charge is 2.54. The maximum atomic E-state index is 12.5. The summed E-state index contributed by atoms with van der Waals surface area (Å²) < 4.78 is 28.8. The Balaban J connectivity index is 2.31. The molecule has 19 heavy (non-hydrogen) atoms. The van der Waals surface area contributed by atoms with Crippen molar-refractivity contribution in [2.24, 2.45) is 5.41 Å². The number of piperidine rings is 1. The number of carbonyl (C=O) groups is 2. The molecule has 0 aliphatic carbocycles. The van der Waals surface area contributed by atoms with Crippen LogP contribution in [0.2, 0.25) is 0 Å².